The van der Waals surface area contributed by atoms with Gasteiger partial charge >= 0.3 is 0 Å². The van der Waals surface area contributed by atoms with Crippen LogP contribution in [0.4, 0.5) is 0 Å². The third-order valence-corrected chi connectivity index (χ3v) is 2.79. The molecule has 2 heterocycles. The molecule has 1 fully saturated rings. The molecule has 0 radical (unpaired) electrons. The van der Waals surface area contributed by atoms with E-state index in [2.05, 4.69) is 21.9 Å². The molecule has 1 aromatic heterocycles. The molecular weight excluding hydrogens is 162 g/mol. The normalized spacial score (nSPS) is 24.8. The van der Waals surface area contributed by atoms with E-state index < -0.39 is 0 Å². The zero-order valence-corrected chi connectivity index (χ0v) is 8.16. The average Bonchev–Trinajstić information content (AvgIpc) is 2.57. The second kappa shape index (κ2) is 3.92. The molecule has 3 heteroatoms. The lowest BCUT2D eigenvalue weighted by atomic mass is 9.94. The van der Waals surface area contributed by atoms with Gasteiger partial charge in [0.1, 0.15) is 0 Å². The van der Waals surface area contributed by atoms with E-state index in [-0.39, 0.29) is 0 Å². The summed E-state index contributed by atoms with van der Waals surface area (Å²) >= 11 is 0. The molecule has 0 amide bonds. The van der Waals surface area contributed by atoms with Gasteiger partial charge in [0, 0.05) is 18.4 Å². The highest BCUT2D eigenvalue weighted by atomic mass is 15.1. The van der Waals surface area contributed by atoms with Crippen molar-refractivity contribution in [3.05, 3.63) is 18.2 Å². The quantitative estimate of drug-likeness (QED) is 0.742. The van der Waals surface area contributed by atoms with E-state index in [1.165, 1.54) is 31.6 Å². The van der Waals surface area contributed by atoms with E-state index in [0.29, 0.717) is 0 Å². The molecule has 1 atom stereocenters. The molecule has 0 aromatic carbocycles. The highest BCUT2D eigenvalue weighted by Crippen LogP contribution is 2.18. The van der Waals surface area contributed by atoms with E-state index in [0.717, 1.165) is 12.3 Å². The van der Waals surface area contributed by atoms with E-state index in [1.54, 1.807) is 6.33 Å². The summed E-state index contributed by atoms with van der Waals surface area (Å²) in [4.78, 5) is 9.63. The fraction of sp³-hybridized carbons (Fsp3) is 0.700. The second-order valence-electron chi connectivity index (χ2n) is 4.05. The molecule has 72 valence electrons. The van der Waals surface area contributed by atoms with E-state index in [9.17, 15) is 0 Å². The minimum Gasteiger partial charge on any atom is -0.348 e. The number of likely N-dealkylation sites (tertiary alicyclic amines) is 1. The van der Waals surface area contributed by atoms with E-state index in [4.69, 9.17) is 0 Å². The van der Waals surface area contributed by atoms with Gasteiger partial charge < -0.3 is 9.88 Å². The maximum absolute atomic E-state index is 4.04. The molecule has 3 nitrogen and oxygen atoms in total. The van der Waals surface area contributed by atoms with Crippen LogP contribution in [0.15, 0.2) is 12.5 Å². The highest BCUT2D eigenvalue weighted by Gasteiger charge is 2.17. The fourth-order valence-corrected chi connectivity index (χ4v) is 2.15. The van der Waals surface area contributed by atoms with Crippen LogP contribution in [0.2, 0.25) is 0 Å². The van der Waals surface area contributed by atoms with Crippen molar-refractivity contribution in [2.45, 2.75) is 19.3 Å². The first kappa shape index (κ1) is 8.75. The number of aromatic amines is 1. The third kappa shape index (κ3) is 2.31. The number of nitrogens with one attached hydrogen (secondary N) is 1. The molecule has 1 saturated heterocycles. The number of nitrogens with zero attached hydrogens (tertiary/aromatic N) is 2. The molecule has 1 aliphatic heterocycles. The maximum Gasteiger partial charge on any atom is 0.0921 e. The zero-order chi connectivity index (χ0) is 9.10. The topological polar surface area (TPSA) is 31.9 Å². The molecule has 0 bridgehead atoms. The molecule has 1 N–H and O–H groups in total. The van der Waals surface area contributed by atoms with Gasteiger partial charge in [0.05, 0.1) is 6.33 Å². The lowest BCUT2D eigenvalue weighted by molar-refractivity contribution is 0.208. The minimum atomic E-state index is 0.819. The lowest BCUT2D eigenvalue weighted by Gasteiger charge is -2.29. The maximum atomic E-state index is 4.04. The Labute approximate surface area is 79.2 Å². The first-order chi connectivity index (χ1) is 6.34. The van der Waals surface area contributed by atoms with Crippen molar-refractivity contribution in [2.75, 3.05) is 20.1 Å². The standard InChI is InChI=1S/C10H17N3/c1-13-4-2-3-9(7-13)5-10-6-11-8-12-10/h6,8-9H,2-5,7H2,1H3,(H,11,12)/t9-/m1/s1. The minimum absolute atomic E-state index is 0.819. The molecule has 1 aliphatic rings. The fourth-order valence-electron chi connectivity index (χ4n) is 2.15. The predicted octanol–water partition coefficient (Wildman–Crippen LogP) is 1.29. The summed E-state index contributed by atoms with van der Waals surface area (Å²) in [5, 5.41) is 0. The van der Waals surface area contributed by atoms with Crippen LogP contribution in [0.3, 0.4) is 0 Å². The summed E-state index contributed by atoms with van der Waals surface area (Å²) in [5.74, 6) is 0.819. The molecular formula is C10H17N3. The zero-order valence-electron chi connectivity index (χ0n) is 8.16. The summed E-state index contributed by atoms with van der Waals surface area (Å²) in [6, 6.07) is 0. The largest absolute Gasteiger partial charge is 0.348 e. The van der Waals surface area contributed by atoms with Crippen LogP contribution >= 0.6 is 0 Å². The van der Waals surface area contributed by atoms with Crippen molar-refractivity contribution in [1.82, 2.24) is 14.9 Å². The van der Waals surface area contributed by atoms with Gasteiger partial charge in [0.2, 0.25) is 0 Å². The molecule has 1 aromatic rings. The van der Waals surface area contributed by atoms with Crippen LogP contribution < -0.4 is 0 Å². The van der Waals surface area contributed by atoms with Crippen LogP contribution in [0.1, 0.15) is 18.5 Å². The number of imidazole rings is 1. The summed E-state index contributed by atoms with van der Waals surface area (Å²) < 4.78 is 0. The van der Waals surface area contributed by atoms with Crippen molar-refractivity contribution in [3.63, 3.8) is 0 Å². The smallest absolute Gasteiger partial charge is 0.0921 e. The van der Waals surface area contributed by atoms with Crippen LogP contribution in [0.5, 0.6) is 0 Å². The van der Waals surface area contributed by atoms with E-state index >= 15 is 0 Å². The number of piperidine rings is 1. The van der Waals surface area contributed by atoms with Gasteiger partial charge in [-0.1, -0.05) is 0 Å². The van der Waals surface area contributed by atoms with Gasteiger partial charge in [-0.05, 0) is 38.8 Å². The highest BCUT2D eigenvalue weighted by molar-refractivity contribution is 4.96. The molecule has 13 heavy (non-hydrogen) atoms. The molecule has 2 rings (SSSR count). The van der Waals surface area contributed by atoms with Crippen molar-refractivity contribution >= 4 is 0 Å². The molecule has 0 aliphatic carbocycles. The number of aromatic nitrogens is 2. The van der Waals surface area contributed by atoms with Crippen molar-refractivity contribution in [2.24, 2.45) is 5.92 Å². The number of H-pyrrole nitrogens is 1. The van der Waals surface area contributed by atoms with Crippen LogP contribution in [-0.4, -0.2) is 35.0 Å². The first-order valence-electron chi connectivity index (χ1n) is 5.00. The van der Waals surface area contributed by atoms with Crippen LogP contribution in [0.25, 0.3) is 0 Å². The summed E-state index contributed by atoms with van der Waals surface area (Å²) in [5.41, 5.74) is 1.28. The van der Waals surface area contributed by atoms with Gasteiger partial charge in [0.25, 0.3) is 0 Å². The van der Waals surface area contributed by atoms with Crippen LogP contribution in [-0.2, 0) is 6.42 Å². The van der Waals surface area contributed by atoms with Crippen molar-refractivity contribution in [3.8, 4) is 0 Å². The Bertz CT molecular complexity index is 243. The predicted molar refractivity (Wildman–Crippen MR) is 52.5 cm³/mol. The lowest BCUT2D eigenvalue weighted by Crippen LogP contribution is -2.33. The number of hydrogen-bond donors (Lipinski definition) is 1. The van der Waals surface area contributed by atoms with Gasteiger partial charge in [0.15, 0.2) is 0 Å². The molecule has 0 spiro atoms. The monoisotopic (exact) mass is 179 g/mol. The molecule has 0 saturated carbocycles. The summed E-state index contributed by atoms with van der Waals surface area (Å²) in [6.07, 6.45) is 7.57. The Morgan fingerprint density at radius 3 is 3.31 bits per heavy atom. The number of hydrogen-bond acceptors (Lipinski definition) is 2. The molecule has 0 unspecified atom stereocenters. The first-order valence-corrected chi connectivity index (χ1v) is 5.00. The third-order valence-electron chi connectivity index (χ3n) is 2.79. The Morgan fingerprint density at radius 2 is 2.62 bits per heavy atom. The Kier molecular flexibility index (Phi) is 2.64. The van der Waals surface area contributed by atoms with Crippen LogP contribution in [0, 0.1) is 5.92 Å². The van der Waals surface area contributed by atoms with Gasteiger partial charge in [-0.3, -0.25) is 0 Å². The van der Waals surface area contributed by atoms with Gasteiger partial charge in [-0.15, -0.1) is 0 Å². The summed E-state index contributed by atoms with van der Waals surface area (Å²) in [7, 11) is 2.21. The van der Waals surface area contributed by atoms with Gasteiger partial charge in [-0.2, -0.15) is 0 Å². The van der Waals surface area contributed by atoms with Crippen molar-refractivity contribution in [1.29, 1.82) is 0 Å². The SMILES string of the molecule is CN1CCC[C@H](Cc2cnc[nH]2)C1. The second-order valence-corrected chi connectivity index (χ2v) is 4.05. The van der Waals surface area contributed by atoms with Crippen molar-refractivity contribution < 1.29 is 0 Å². The Balaban J connectivity index is 1.87. The van der Waals surface area contributed by atoms with E-state index in [1.807, 2.05) is 6.20 Å². The average molecular weight is 179 g/mol. The number of rotatable bonds is 2. The summed E-state index contributed by atoms with van der Waals surface area (Å²) in [6.45, 7) is 2.50. The van der Waals surface area contributed by atoms with Gasteiger partial charge in [-0.25, -0.2) is 4.98 Å². The Hall–Kier alpha value is -0.830. The Morgan fingerprint density at radius 1 is 1.69 bits per heavy atom.